The molecule has 0 amide bonds. The van der Waals surface area contributed by atoms with Gasteiger partial charge in [-0.15, -0.1) is 0 Å². The summed E-state index contributed by atoms with van der Waals surface area (Å²) in [6, 6.07) is 8.36. The van der Waals surface area contributed by atoms with E-state index in [2.05, 4.69) is 43.6 Å². The van der Waals surface area contributed by atoms with E-state index in [1.807, 2.05) is 19.2 Å². The summed E-state index contributed by atoms with van der Waals surface area (Å²) in [4.78, 5) is 4.21. The molecule has 0 aliphatic rings. The number of benzene rings is 1. The maximum absolute atomic E-state index is 5.61. The molecule has 5 nitrogen and oxygen atoms in total. The predicted molar refractivity (Wildman–Crippen MR) is 73.7 cm³/mol. The van der Waals surface area contributed by atoms with Crippen molar-refractivity contribution in [3.8, 4) is 0 Å². The minimum Gasteiger partial charge on any atom is -0.271 e. The van der Waals surface area contributed by atoms with Crippen LogP contribution >= 0.6 is 15.9 Å². The number of nitrogens with two attached hydrogens (primary N) is 1. The van der Waals surface area contributed by atoms with Crippen LogP contribution in [0.5, 0.6) is 0 Å². The summed E-state index contributed by atoms with van der Waals surface area (Å²) in [7, 11) is 1.88. The lowest BCUT2D eigenvalue weighted by Gasteiger charge is -2.15. The van der Waals surface area contributed by atoms with Crippen LogP contribution in [-0.2, 0) is 19.9 Å². The van der Waals surface area contributed by atoms with Gasteiger partial charge in [-0.3, -0.25) is 16.0 Å². The Morgan fingerprint density at radius 1 is 1.44 bits per heavy atom. The fraction of sp³-hybridized carbons (Fsp3) is 0.333. The topological polar surface area (TPSA) is 68.8 Å². The number of aryl methyl sites for hydroxylation is 1. The Bertz CT molecular complexity index is 511. The first kappa shape index (κ1) is 13.2. The summed E-state index contributed by atoms with van der Waals surface area (Å²) in [5.41, 5.74) is 4.07. The molecule has 0 radical (unpaired) electrons. The fourth-order valence-electron chi connectivity index (χ4n) is 1.86. The number of aromatic nitrogens is 3. The summed E-state index contributed by atoms with van der Waals surface area (Å²) in [6.07, 6.45) is 3.16. The van der Waals surface area contributed by atoms with E-state index in [1.54, 1.807) is 11.0 Å². The van der Waals surface area contributed by atoms with Gasteiger partial charge in [0, 0.05) is 24.0 Å². The number of rotatable bonds is 5. The maximum Gasteiger partial charge on any atom is 0.138 e. The molecule has 3 N–H and O–H groups in total. The van der Waals surface area contributed by atoms with E-state index >= 15 is 0 Å². The van der Waals surface area contributed by atoms with E-state index in [1.165, 1.54) is 5.56 Å². The van der Waals surface area contributed by atoms with E-state index in [4.69, 9.17) is 5.84 Å². The maximum atomic E-state index is 5.61. The molecule has 1 aromatic carbocycles. The Labute approximate surface area is 115 Å². The third kappa shape index (κ3) is 3.38. The highest BCUT2D eigenvalue weighted by atomic mass is 79.9. The van der Waals surface area contributed by atoms with Crippen molar-refractivity contribution in [1.82, 2.24) is 20.2 Å². The Morgan fingerprint density at radius 3 is 2.89 bits per heavy atom. The zero-order chi connectivity index (χ0) is 13.0. The predicted octanol–water partition coefficient (Wildman–Crippen LogP) is 1.19. The molecule has 0 bridgehead atoms. The van der Waals surface area contributed by atoms with Crippen LogP contribution in [0.2, 0.25) is 0 Å². The molecule has 0 aliphatic heterocycles. The Balaban J connectivity index is 2.04. The van der Waals surface area contributed by atoms with Gasteiger partial charge in [-0.25, -0.2) is 4.98 Å². The first-order chi connectivity index (χ1) is 8.69. The van der Waals surface area contributed by atoms with Gasteiger partial charge in [0.1, 0.15) is 12.2 Å². The summed E-state index contributed by atoms with van der Waals surface area (Å²) in [5, 5.41) is 4.05. The van der Waals surface area contributed by atoms with Gasteiger partial charge in [0.15, 0.2) is 0 Å². The average Bonchev–Trinajstić information content (AvgIpc) is 2.74. The zero-order valence-corrected chi connectivity index (χ0v) is 11.8. The number of nitrogens with one attached hydrogen (secondary N) is 1. The lowest BCUT2D eigenvalue weighted by atomic mass is 10.0. The third-order valence-corrected chi connectivity index (χ3v) is 3.33. The second-order valence-electron chi connectivity index (χ2n) is 4.20. The van der Waals surface area contributed by atoms with Crippen LogP contribution in [0.4, 0.5) is 0 Å². The van der Waals surface area contributed by atoms with Gasteiger partial charge in [0.2, 0.25) is 0 Å². The molecule has 96 valence electrons. The molecule has 1 atom stereocenters. The van der Waals surface area contributed by atoms with E-state index < -0.39 is 0 Å². The molecule has 6 heteroatoms. The summed E-state index contributed by atoms with van der Waals surface area (Å²) >= 11 is 3.47. The normalized spacial score (nSPS) is 12.6. The largest absolute Gasteiger partial charge is 0.271 e. The molecule has 0 saturated heterocycles. The van der Waals surface area contributed by atoms with Crippen molar-refractivity contribution >= 4 is 15.9 Å². The van der Waals surface area contributed by atoms with Crippen LogP contribution in [0.25, 0.3) is 0 Å². The van der Waals surface area contributed by atoms with Gasteiger partial charge in [-0.1, -0.05) is 28.1 Å². The molecule has 18 heavy (non-hydrogen) atoms. The van der Waals surface area contributed by atoms with Crippen molar-refractivity contribution in [2.45, 2.75) is 18.9 Å². The van der Waals surface area contributed by atoms with Crippen LogP contribution in [0.1, 0.15) is 11.4 Å². The Morgan fingerprint density at radius 2 is 2.28 bits per heavy atom. The summed E-state index contributed by atoms with van der Waals surface area (Å²) in [5.74, 6) is 6.53. The van der Waals surface area contributed by atoms with Crippen LogP contribution in [0.3, 0.4) is 0 Å². The Hall–Kier alpha value is -1.24. The lowest BCUT2D eigenvalue weighted by molar-refractivity contribution is 0.499. The number of hydrogen-bond acceptors (Lipinski definition) is 4. The third-order valence-electron chi connectivity index (χ3n) is 2.84. The number of hydrazine groups is 1. The van der Waals surface area contributed by atoms with Gasteiger partial charge >= 0.3 is 0 Å². The highest BCUT2D eigenvalue weighted by Crippen LogP contribution is 2.14. The van der Waals surface area contributed by atoms with Crippen LogP contribution in [0.15, 0.2) is 35.1 Å². The minimum atomic E-state index is 0.141. The van der Waals surface area contributed by atoms with Crippen molar-refractivity contribution in [1.29, 1.82) is 0 Å². The molecular weight excluding hydrogens is 294 g/mol. The summed E-state index contributed by atoms with van der Waals surface area (Å²) < 4.78 is 2.85. The smallest absolute Gasteiger partial charge is 0.138 e. The summed E-state index contributed by atoms with van der Waals surface area (Å²) in [6.45, 7) is 0. The molecule has 0 spiro atoms. The first-order valence-electron chi connectivity index (χ1n) is 5.72. The van der Waals surface area contributed by atoms with Crippen molar-refractivity contribution in [3.63, 3.8) is 0 Å². The molecule has 2 rings (SSSR count). The molecule has 2 aromatic rings. The van der Waals surface area contributed by atoms with E-state index in [-0.39, 0.29) is 6.04 Å². The monoisotopic (exact) mass is 309 g/mol. The number of halogens is 1. The average molecular weight is 310 g/mol. The molecule has 1 heterocycles. The van der Waals surface area contributed by atoms with Crippen molar-refractivity contribution in [2.75, 3.05) is 0 Å². The second-order valence-corrected chi connectivity index (χ2v) is 5.12. The highest BCUT2D eigenvalue weighted by molar-refractivity contribution is 9.10. The number of hydrogen-bond donors (Lipinski definition) is 2. The minimum absolute atomic E-state index is 0.141. The van der Waals surface area contributed by atoms with E-state index in [0.717, 1.165) is 23.1 Å². The zero-order valence-electron chi connectivity index (χ0n) is 10.2. The number of nitrogens with zero attached hydrogens (tertiary/aromatic N) is 3. The molecular formula is C12H16BrN5. The van der Waals surface area contributed by atoms with Crippen LogP contribution < -0.4 is 11.3 Å². The standard InChI is InChI=1S/C12H16BrN5/c1-18-12(15-8-16-18)7-11(17-14)6-9-3-2-4-10(13)5-9/h2-5,8,11,17H,6-7,14H2,1H3. The van der Waals surface area contributed by atoms with Crippen molar-refractivity contribution in [2.24, 2.45) is 12.9 Å². The van der Waals surface area contributed by atoms with E-state index in [0.29, 0.717) is 0 Å². The lowest BCUT2D eigenvalue weighted by Crippen LogP contribution is -2.39. The molecule has 0 aliphatic carbocycles. The van der Waals surface area contributed by atoms with E-state index in [9.17, 15) is 0 Å². The van der Waals surface area contributed by atoms with Crippen LogP contribution in [0, 0.1) is 0 Å². The second kappa shape index (κ2) is 6.08. The fourth-order valence-corrected chi connectivity index (χ4v) is 2.31. The van der Waals surface area contributed by atoms with Crippen molar-refractivity contribution in [3.05, 3.63) is 46.5 Å². The van der Waals surface area contributed by atoms with Gasteiger partial charge in [0.25, 0.3) is 0 Å². The van der Waals surface area contributed by atoms with Gasteiger partial charge in [-0.05, 0) is 24.1 Å². The van der Waals surface area contributed by atoms with Crippen LogP contribution in [-0.4, -0.2) is 20.8 Å². The first-order valence-corrected chi connectivity index (χ1v) is 6.52. The van der Waals surface area contributed by atoms with Crippen molar-refractivity contribution < 1.29 is 0 Å². The van der Waals surface area contributed by atoms with Gasteiger partial charge < -0.3 is 0 Å². The molecule has 1 unspecified atom stereocenters. The van der Waals surface area contributed by atoms with Gasteiger partial charge in [-0.2, -0.15) is 5.10 Å². The quantitative estimate of drug-likeness (QED) is 0.643. The molecule has 0 saturated carbocycles. The molecule has 0 fully saturated rings. The Kier molecular flexibility index (Phi) is 4.46. The van der Waals surface area contributed by atoms with Gasteiger partial charge in [0.05, 0.1) is 0 Å². The SMILES string of the molecule is Cn1ncnc1CC(Cc1cccc(Br)c1)NN. The highest BCUT2D eigenvalue weighted by Gasteiger charge is 2.12. The molecule has 1 aromatic heterocycles.